The van der Waals surface area contributed by atoms with Crippen LogP contribution in [0.3, 0.4) is 0 Å². The van der Waals surface area contributed by atoms with Crippen molar-refractivity contribution in [1.82, 2.24) is 14.7 Å². The molecule has 0 bridgehead atoms. The molecule has 0 radical (unpaired) electrons. The average molecular weight is 626 g/mol. The van der Waals surface area contributed by atoms with Gasteiger partial charge in [0, 0.05) is 43.9 Å². The number of piperidine rings is 1. The van der Waals surface area contributed by atoms with Crippen LogP contribution in [-0.2, 0) is 4.79 Å². The Labute approximate surface area is 254 Å². The molecule has 1 atom stereocenters. The van der Waals surface area contributed by atoms with Crippen LogP contribution in [0.15, 0.2) is 59.1 Å². The monoisotopic (exact) mass is 625 g/mol. The predicted octanol–water partition coefficient (Wildman–Crippen LogP) is 7.80. The molecular formula is C32H28F5N5O3. The Bertz CT molecular complexity index is 1910. The maximum Gasteiger partial charge on any atom is 0.573 e. The SMILES string of the molecule is Cc1noc(C)c1-c1ccc2c(c1)nc([C@@H]1CCCC(=O)N1c1ccc(F)c(F)c1)n2-c1ccc(N(C)C)c(OC(F)(F)F)c1. The lowest BCUT2D eigenvalue weighted by atomic mass is 9.99. The highest BCUT2D eigenvalue weighted by atomic mass is 19.4. The van der Waals surface area contributed by atoms with E-state index in [4.69, 9.17) is 9.51 Å². The van der Waals surface area contributed by atoms with Crippen LogP contribution >= 0.6 is 0 Å². The van der Waals surface area contributed by atoms with Crippen molar-refractivity contribution in [2.75, 3.05) is 23.9 Å². The molecule has 234 valence electrons. The van der Waals surface area contributed by atoms with E-state index in [0.29, 0.717) is 46.8 Å². The predicted molar refractivity (Wildman–Crippen MR) is 157 cm³/mol. The summed E-state index contributed by atoms with van der Waals surface area (Å²) in [6.45, 7) is 3.59. The van der Waals surface area contributed by atoms with Crippen LogP contribution < -0.4 is 14.5 Å². The second kappa shape index (κ2) is 11.2. The van der Waals surface area contributed by atoms with Gasteiger partial charge in [0.2, 0.25) is 5.91 Å². The second-order valence-electron chi connectivity index (χ2n) is 11.1. The Morgan fingerprint density at radius 1 is 0.978 bits per heavy atom. The van der Waals surface area contributed by atoms with Crippen molar-refractivity contribution in [3.63, 3.8) is 0 Å². The molecule has 8 nitrogen and oxygen atoms in total. The summed E-state index contributed by atoms with van der Waals surface area (Å²) < 4.78 is 80.2. The maximum absolute atomic E-state index is 14.4. The minimum atomic E-state index is -4.95. The van der Waals surface area contributed by atoms with Gasteiger partial charge in [0.1, 0.15) is 11.6 Å². The molecule has 5 aromatic rings. The van der Waals surface area contributed by atoms with Crippen molar-refractivity contribution >= 4 is 28.3 Å². The number of fused-ring (bicyclic) bond motifs is 1. The number of ether oxygens (including phenoxy) is 1. The molecule has 1 amide bonds. The highest BCUT2D eigenvalue weighted by Crippen LogP contribution is 2.41. The fraction of sp³-hybridized carbons (Fsp3) is 0.281. The lowest BCUT2D eigenvalue weighted by molar-refractivity contribution is -0.274. The molecule has 2 aromatic heterocycles. The summed E-state index contributed by atoms with van der Waals surface area (Å²) in [5.74, 6) is -2.00. The van der Waals surface area contributed by atoms with E-state index in [-0.39, 0.29) is 23.7 Å². The van der Waals surface area contributed by atoms with E-state index in [1.54, 1.807) is 37.7 Å². The van der Waals surface area contributed by atoms with Crippen LogP contribution in [0.2, 0.25) is 0 Å². The normalized spacial score (nSPS) is 15.6. The molecule has 0 spiro atoms. The van der Waals surface area contributed by atoms with Gasteiger partial charge in [-0.05, 0) is 68.7 Å². The van der Waals surface area contributed by atoms with Crippen LogP contribution in [0, 0.1) is 25.5 Å². The van der Waals surface area contributed by atoms with E-state index in [2.05, 4.69) is 9.89 Å². The lowest BCUT2D eigenvalue weighted by Crippen LogP contribution is -2.39. The van der Waals surface area contributed by atoms with Crippen molar-refractivity contribution in [2.24, 2.45) is 0 Å². The molecule has 45 heavy (non-hydrogen) atoms. The lowest BCUT2D eigenvalue weighted by Gasteiger charge is -2.35. The number of alkyl halides is 3. The Hall–Kier alpha value is -4.94. The first-order chi connectivity index (χ1) is 21.3. The number of amides is 1. The summed E-state index contributed by atoms with van der Waals surface area (Å²) in [7, 11) is 3.19. The third-order valence-corrected chi connectivity index (χ3v) is 7.84. The Morgan fingerprint density at radius 2 is 1.73 bits per heavy atom. The number of aryl methyl sites for hydroxylation is 2. The molecule has 1 aliphatic rings. The van der Waals surface area contributed by atoms with Gasteiger partial charge < -0.3 is 19.1 Å². The van der Waals surface area contributed by atoms with Gasteiger partial charge in [-0.15, -0.1) is 13.2 Å². The number of anilines is 2. The van der Waals surface area contributed by atoms with Crippen molar-refractivity contribution < 1.29 is 36.0 Å². The van der Waals surface area contributed by atoms with Gasteiger partial charge in [0.15, 0.2) is 17.4 Å². The number of nitrogens with zero attached hydrogens (tertiary/aromatic N) is 5. The first kappa shape index (κ1) is 30.1. The van der Waals surface area contributed by atoms with Gasteiger partial charge in [-0.25, -0.2) is 13.8 Å². The Kier molecular flexibility index (Phi) is 7.50. The fourth-order valence-corrected chi connectivity index (χ4v) is 5.94. The number of imidazole rings is 1. The Balaban J connectivity index is 1.60. The second-order valence-corrected chi connectivity index (χ2v) is 11.1. The van der Waals surface area contributed by atoms with Gasteiger partial charge in [-0.3, -0.25) is 9.36 Å². The van der Waals surface area contributed by atoms with Gasteiger partial charge in [-0.2, -0.15) is 0 Å². The number of rotatable bonds is 6. The highest BCUT2D eigenvalue weighted by Gasteiger charge is 2.36. The van der Waals surface area contributed by atoms with Crippen LogP contribution in [0.25, 0.3) is 27.8 Å². The third-order valence-electron chi connectivity index (χ3n) is 7.84. The Morgan fingerprint density at radius 3 is 2.40 bits per heavy atom. The van der Waals surface area contributed by atoms with Crippen LogP contribution in [0.1, 0.15) is 42.6 Å². The van der Waals surface area contributed by atoms with Crippen molar-refractivity contribution in [3.05, 3.63) is 83.5 Å². The van der Waals surface area contributed by atoms with Crippen LogP contribution in [0.4, 0.5) is 33.3 Å². The minimum Gasteiger partial charge on any atom is -0.403 e. The van der Waals surface area contributed by atoms with E-state index in [9.17, 15) is 26.7 Å². The summed E-state index contributed by atoms with van der Waals surface area (Å²) in [6.07, 6.45) is -3.88. The molecule has 0 saturated carbocycles. The zero-order chi connectivity index (χ0) is 32.2. The van der Waals surface area contributed by atoms with Gasteiger partial charge >= 0.3 is 6.36 Å². The molecule has 3 heterocycles. The summed E-state index contributed by atoms with van der Waals surface area (Å²) in [4.78, 5) is 21.2. The average Bonchev–Trinajstić information content (AvgIpc) is 3.52. The molecular weight excluding hydrogens is 597 g/mol. The third kappa shape index (κ3) is 5.58. The van der Waals surface area contributed by atoms with E-state index in [0.717, 1.165) is 23.3 Å². The summed E-state index contributed by atoms with van der Waals surface area (Å²) in [6, 6.07) is 12.3. The number of hydrogen-bond acceptors (Lipinski definition) is 6. The quantitative estimate of drug-likeness (QED) is 0.179. The number of carbonyl (C=O) groups is 1. The smallest absolute Gasteiger partial charge is 0.403 e. The number of halogens is 5. The molecule has 0 unspecified atom stereocenters. The van der Waals surface area contributed by atoms with Gasteiger partial charge in [0.05, 0.1) is 34.1 Å². The topological polar surface area (TPSA) is 76.6 Å². The standard InChI is InChI=1S/C32H28F5N5O3/c1-17-30(18(2)45-39-17)19-8-12-25-24(14-19)38-31(27-6-5-7-29(43)41(27)20-9-11-22(33)23(34)15-20)42(25)21-10-13-26(40(3)4)28(16-21)44-32(35,36)37/h8-16,27H,5-7H2,1-4H3/t27-/m0/s1. The summed E-state index contributed by atoms with van der Waals surface area (Å²) in [5, 5.41) is 4.03. The molecule has 0 aliphatic carbocycles. The largest absolute Gasteiger partial charge is 0.573 e. The molecule has 1 fully saturated rings. The maximum atomic E-state index is 14.4. The summed E-state index contributed by atoms with van der Waals surface area (Å²) >= 11 is 0. The van der Waals surface area contributed by atoms with Gasteiger partial charge in [-0.1, -0.05) is 11.2 Å². The number of aromatic nitrogens is 3. The number of benzene rings is 3. The number of carbonyl (C=O) groups excluding carboxylic acids is 1. The molecule has 6 rings (SSSR count). The minimum absolute atomic E-state index is 0.141. The van der Waals surface area contributed by atoms with Gasteiger partial charge in [0.25, 0.3) is 0 Å². The van der Waals surface area contributed by atoms with E-state index < -0.39 is 29.8 Å². The molecule has 0 N–H and O–H groups in total. The molecule has 13 heteroatoms. The fourth-order valence-electron chi connectivity index (χ4n) is 5.94. The summed E-state index contributed by atoms with van der Waals surface area (Å²) in [5.41, 5.74) is 3.87. The molecule has 3 aromatic carbocycles. The van der Waals surface area contributed by atoms with E-state index >= 15 is 0 Å². The van der Waals surface area contributed by atoms with Crippen LogP contribution in [-0.4, -0.2) is 41.1 Å². The van der Waals surface area contributed by atoms with E-state index in [1.807, 2.05) is 19.1 Å². The molecule has 1 saturated heterocycles. The molecule has 1 aliphatic heterocycles. The van der Waals surface area contributed by atoms with E-state index in [1.165, 1.54) is 28.0 Å². The zero-order valence-electron chi connectivity index (χ0n) is 24.7. The van der Waals surface area contributed by atoms with Crippen molar-refractivity contribution in [2.45, 2.75) is 45.5 Å². The van der Waals surface area contributed by atoms with Crippen molar-refractivity contribution in [1.29, 1.82) is 0 Å². The highest BCUT2D eigenvalue weighted by molar-refractivity contribution is 5.95. The number of hydrogen-bond donors (Lipinski definition) is 0. The zero-order valence-corrected chi connectivity index (χ0v) is 24.7. The first-order valence-electron chi connectivity index (χ1n) is 14.1. The van der Waals surface area contributed by atoms with Crippen molar-refractivity contribution in [3.8, 4) is 22.6 Å². The first-order valence-corrected chi connectivity index (χ1v) is 14.1. The van der Waals surface area contributed by atoms with Crippen LogP contribution in [0.5, 0.6) is 5.75 Å².